The zero-order valence-corrected chi connectivity index (χ0v) is 17.8. The van der Waals surface area contributed by atoms with Gasteiger partial charge in [-0.2, -0.15) is 0 Å². The first-order chi connectivity index (χ1) is 13.6. The van der Waals surface area contributed by atoms with Crippen molar-refractivity contribution < 1.29 is 22.8 Å². The average Bonchev–Trinajstić information content (AvgIpc) is 3.23. The van der Waals surface area contributed by atoms with Gasteiger partial charge in [0.2, 0.25) is 0 Å². The molecule has 147 valence electrons. The Balaban J connectivity index is 0.000000878. The van der Waals surface area contributed by atoms with Crippen molar-refractivity contribution >= 4 is 31.6 Å². The van der Waals surface area contributed by atoms with Crippen LogP contribution in [0.4, 0.5) is 0 Å². The van der Waals surface area contributed by atoms with E-state index in [9.17, 15) is 0 Å². The van der Waals surface area contributed by atoms with Gasteiger partial charge in [0, 0.05) is 0 Å². The molecule has 3 rings (SSSR count). The Hall–Kier alpha value is -2.24. The van der Waals surface area contributed by atoms with Crippen LogP contribution in [0.15, 0.2) is 83.1 Å². The summed E-state index contributed by atoms with van der Waals surface area (Å²) in [5.41, 5.74) is 2.85. The molecule has 8 heteroatoms. The Kier molecular flexibility index (Phi) is 9.66. The molecule has 0 amide bonds. The number of aromatic nitrogens is 1. The minimum atomic E-state index is 0.194. The second-order valence-electron chi connectivity index (χ2n) is 5.43. The zero-order valence-electron chi connectivity index (χ0n) is 15.2. The topological polar surface area (TPSA) is 57.3 Å². The maximum absolute atomic E-state index is 5.39. The molecule has 0 unspecified atom stereocenters. The summed E-state index contributed by atoms with van der Waals surface area (Å²) in [5.74, 6) is 1.37. The van der Waals surface area contributed by atoms with Gasteiger partial charge in [0.05, 0.1) is 11.4 Å². The van der Waals surface area contributed by atoms with Gasteiger partial charge >= 0.3 is 33.3 Å². The molecule has 1 heterocycles. The molecule has 0 fully saturated rings. The first kappa shape index (κ1) is 22.1. The number of hydrogen-bond donors (Lipinski definition) is 0. The van der Waals surface area contributed by atoms with Gasteiger partial charge < -0.3 is 14.7 Å². The number of oxime groups is 2. The molecule has 0 atom stereocenters. The second kappa shape index (κ2) is 12.3. The fraction of sp³-hybridized carbons (Fsp3) is 0.100. The zero-order chi connectivity index (χ0) is 20.2. The summed E-state index contributed by atoms with van der Waals surface area (Å²) >= 11 is 0.194. The van der Waals surface area contributed by atoms with E-state index in [0.717, 1.165) is 11.4 Å². The van der Waals surface area contributed by atoms with E-state index in [0.29, 0.717) is 22.9 Å². The molecule has 0 aliphatic carbocycles. The van der Waals surface area contributed by atoms with E-state index in [2.05, 4.69) is 15.3 Å². The molecule has 0 aliphatic heterocycles. The van der Waals surface area contributed by atoms with Crippen LogP contribution in [0.1, 0.15) is 25.2 Å². The van der Waals surface area contributed by atoms with Crippen molar-refractivity contribution in [3.05, 3.63) is 84.2 Å². The molecule has 0 aliphatic rings. The van der Waals surface area contributed by atoms with Crippen molar-refractivity contribution in [1.82, 2.24) is 4.98 Å². The third-order valence-electron chi connectivity index (χ3n) is 3.44. The van der Waals surface area contributed by atoms with Crippen LogP contribution < -0.4 is 14.7 Å². The Labute approximate surface area is 178 Å². The van der Waals surface area contributed by atoms with Crippen LogP contribution in [0, 0.1) is 0 Å². The third-order valence-corrected chi connectivity index (χ3v) is 3.44. The predicted molar refractivity (Wildman–Crippen MR) is 110 cm³/mol. The van der Waals surface area contributed by atoms with Crippen LogP contribution >= 0.6 is 20.2 Å². The van der Waals surface area contributed by atoms with Crippen LogP contribution in [-0.4, -0.2) is 11.4 Å². The van der Waals surface area contributed by atoms with Gasteiger partial charge in [-0.05, 0) is 38.1 Å². The molecule has 5 nitrogen and oxygen atoms in total. The summed E-state index contributed by atoms with van der Waals surface area (Å²) in [6.45, 7) is 3.70. The molecule has 28 heavy (non-hydrogen) atoms. The normalized spacial score (nSPS) is 11.4. The fourth-order valence-electron chi connectivity index (χ4n) is 2.06. The molecule has 0 N–H and O–H groups in total. The van der Waals surface area contributed by atoms with Crippen molar-refractivity contribution in [2.45, 2.75) is 13.8 Å². The van der Waals surface area contributed by atoms with Gasteiger partial charge in [-0.15, -0.1) is 11.4 Å². The quantitative estimate of drug-likeness (QED) is 0.273. The van der Waals surface area contributed by atoms with E-state index in [1.807, 2.05) is 86.6 Å². The summed E-state index contributed by atoms with van der Waals surface area (Å²) in [6.07, 6.45) is 0. The van der Waals surface area contributed by atoms with E-state index in [4.69, 9.17) is 29.9 Å². The van der Waals surface area contributed by atoms with Gasteiger partial charge in [-0.1, -0.05) is 58.8 Å². The Morgan fingerprint density at radius 2 is 1.07 bits per heavy atom. The SMILES string of the molecule is C/C(=N\Oc1ccccc1)c1ccc(/C(C)=N/Oc2ccccc2)[n-]1.[Cl][Fe+][Cl]. The summed E-state index contributed by atoms with van der Waals surface area (Å²) in [5, 5.41) is 8.23. The number of nitrogens with zero attached hydrogens (tertiary/aromatic N) is 3. The molecule has 0 saturated carbocycles. The molecule has 3 aromatic rings. The number of halogens is 2. The van der Waals surface area contributed by atoms with Gasteiger partial charge in [0.1, 0.15) is 0 Å². The van der Waals surface area contributed by atoms with Gasteiger partial charge in [-0.3, -0.25) is 0 Å². The molecule has 0 radical (unpaired) electrons. The van der Waals surface area contributed by atoms with Crippen LogP contribution in [-0.2, 0) is 13.1 Å². The van der Waals surface area contributed by atoms with Crippen molar-refractivity contribution in [3.8, 4) is 11.5 Å². The summed E-state index contributed by atoms with van der Waals surface area (Å²) in [6, 6.07) is 22.6. The van der Waals surface area contributed by atoms with Gasteiger partial charge in [-0.25, -0.2) is 0 Å². The summed E-state index contributed by atoms with van der Waals surface area (Å²) in [7, 11) is 9.53. The monoisotopic (exact) mass is 458 g/mol. The van der Waals surface area contributed by atoms with Crippen molar-refractivity contribution in [1.29, 1.82) is 0 Å². The van der Waals surface area contributed by atoms with Crippen LogP contribution in [0.25, 0.3) is 0 Å². The summed E-state index contributed by atoms with van der Waals surface area (Å²) < 4.78 is 0. The predicted octanol–water partition coefficient (Wildman–Crippen LogP) is 5.63. The molecular formula is C20H18Cl2FeN3O2. The first-order valence-corrected chi connectivity index (χ1v) is 11.2. The molecule has 1 aromatic heterocycles. The van der Waals surface area contributed by atoms with Crippen LogP contribution in [0.2, 0.25) is 0 Å². The van der Waals surface area contributed by atoms with E-state index in [-0.39, 0.29) is 13.1 Å². The minimum absolute atomic E-state index is 0.194. The van der Waals surface area contributed by atoms with E-state index < -0.39 is 0 Å². The first-order valence-electron chi connectivity index (χ1n) is 8.17. The molecule has 2 aromatic carbocycles. The van der Waals surface area contributed by atoms with Gasteiger partial charge in [0.25, 0.3) is 0 Å². The Bertz CT molecular complexity index is 828. The molecule has 0 saturated heterocycles. The Morgan fingerprint density at radius 3 is 1.43 bits per heavy atom. The molecular weight excluding hydrogens is 441 g/mol. The van der Waals surface area contributed by atoms with E-state index in [1.165, 1.54) is 0 Å². The van der Waals surface area contributed by atoms with Crippen molar-refractivity contribution in [2.75, 3.05) is 0 Å². The van der Waals surface area contributed by atoms with Crippen molar-refractivity contribution in [2.24, 2.45) is 10.3 Å². The average molecular weight is 459 g/mol. The summed E-state index contributed by atoms with van der Waals surface area (Å²) in [4.78, 5) is 15.3. The molecule has 0 spiro atoms. The van der Waals surface area contributed by atoms with Crippen LogP contribution in [0.5, 0.6) is 11.5 Å². The number of para-hydroxylation sites is 2. The second-order valence-corrected chi connectivity index (χ2v) is 7.25. The molecule has 0 bridgehead atoms. The Morgan fingerprint density at radius 1 is 0.714 bits per heavy atom. The number of rotatable bonds is 6. The third kappa shape index (κ3) is 7.41. The number of benzene rings is 2. The van der Waals surface area contributed by atoms with Crippen LogP contribution in [0.3, 0.4) is 0 Å². The van der Waals surface area contributed by atoms with E-state index in [1.54, 1.807) is 0 Å². The van der Waals surface area contributed by atoms with Crippen molar-refractivity contribution in [3.63, 3.8) is 0 Å². The fourth-order valence-corrected chi connectivity index (χ4v) is 2.06. The standard InChI is InChI=1S/C20H18N3O2.2ClH.Fe/c1-15(22-24-17-9-5-3-6-10-17)19-13-14-20(21-19)16(2)23-25-18-11-7-4-8-12-18;;;/h3-14H,1-2H3;2*1H;/q-1;;;+3/p-2/b22-15+,23-16+;;;. The maximum atomic E-state index is 5.39. The van der Waals surface area contributed by atoms with Gasteiger partial charge in [0.15, 0.2) is 11.5 Å². The number of hydrogen-bond acceptors (Lipinski definition) is 4. The van der Waals surface area contributed by atoms with E-state index >= 15 is 0 Å².